The van der Waals surface area contributed by atoms with Crippen LogP contribution in [0.3, 0.4) is 0 Å². The van der Waals surface area contributed by atoms with Gasteiger partial charge in [0.05, 0.1) is 19.4 Å². The van der Waals surface area contributed by atoms with E-state index >= 15 is 0 Å². The van der Waals surface area contributed by atoms with Crippen molar-refractivity contribution in [2.24, 2.45) is 11.3 Å². The van der Waals surface area contributed by atoms with E-state index in [1.165, 1.54) is 38.8 Å². The Kier molecular flexibility index (Phi) is 4.01. The fourth-order valence-electron chi connectivity index (χ4n) is 4.01. The van der Waals surface area contributed by atoms with Crippen LogP contribution in [-0.4, -0.2) is 60.8 Å². The Morgan fingerprint density at radius 1 is 1.23 bits per heavy atom. The number of hydrogen-bond donors (Lipinski definition) is 0. The van der Waals surface area contributed by atoms with Crippen LogP contribution in [0.4, 0.5) is 5.82 Å². The Morgan fingerprint density at radius 2 is 2.18 bits per heavy atom. The van der Waals surface area contributed by atoms with Crippen LogP contribution in [0.5, 0.6) is 0 Å². The number of hydrogen-bond acceptors (Lipinski definition) is 5. The van der Waals surface area contributed by atoms with Crippen molar-refractivity contribution in [3.63, 3.8) is 0 Å². The molecule has 0 amide bonds. The fourth-order valence-corrected chi connectivity index (χ4v) is 4.01. The normalized spacial score (nSPS) is 30.5. The molecule has 22 heavy (non-hydrogen) atoms. The van der Waals surface area contributed by atoms with Crippen molar-refractivity contribution in [3.8, 4) is 0 Å². The first-order chi connectivity index (χ1) is 10.8. The molecule has 0 radical (unpaired) electrons. The fraction of sp³-hybridized carbons (Fsp3) is 0.765. The minimum absolute atomic E-state index is 0.265. The molecule has 1 aromatic rings. The zero-order chi connectivity index (χ0) is 14.8. The number of piperidine rings is 1. The van der Waals surface area contributed by atoms with E-state index in [0.717, 1.165) is 44.6 Å². The first-order valence-corrected chi connectivity index (χ1v) is 8.64. The minimum atomic E-state index is 0.265. The summed E-state index contributed by atoms with van der Waals surface area (Å²) >= 11 is 0. The maximum atomic E-state index is 6.00. The van der Waals surface area contributed by atoms with Gasteiger partial charge in [-0.1, -0.05) is 0 Å². The SMILES string of the molecule is c1cnc(N2CCCC3(COCCN(CC4CC4)C3)C2)cn1. The van der Waals surface area contributed by atoms with Gasteiger partial charge in [0.1, 0.15) is 5.82 Å². The van der Waals surface area contributed by atoms with Crippen LogP contribution < -0.4 is 4.90 Å². The Labute approximate surface area is 132 Å². The standard InChI is InChI=1S/C17H26N4O/c1-4-17(13-21(7-1)16-10-18-5-6-19-16)12-20(8-9-22-14-17)11-15-2-3-15/h5-6,10,15H,1-4,7-9,11-14H2. The lowest BCUT2D eigenvalue weighted by molar-refractivity contribution is 0.0557. The van der Waals surface area contributed by atoms with Crippen LogP contribution >= 0.6 is 0 Å². The van der Waals surface area contributed by atoms with E-state index in [2.05, 4.69) is 19.8 Å². The van der Waals surface area contributed by atoms with E-state index in [1.54, 1.807) is 12.4 Å². The highest BCUT2D eigenvalue weighted by Crippen LogP contribution is 2.36. The van der Waals surface area contributed by atoms with Crippen molar-refractivity contribution >= 4 is 5.82 Å². The van der Waals surface area contributed by atoms with Gasteiger partial charge in [0.15, 0.2) is 0 Å². The lowest BCUT2D eigenvalue weighted by atomic mass is 9.80. The van der Waals surface area contributed by atoms with Crippen molar-refractivity contribution in [2.45, 2.75) is 25.7 Å². The molecule has 5 nitrogen and oxygen atoms in total. The van der Waals surface area contributed by atoms with Crippen LogP contribution in [0, 0.1) is 11.3 Å². The van der Waals surface area contributed by atoms with Crippen molar-refractivity contribution < 1.29 is 4.74 Å². The van der Waals surface area contributed by atoms with E-state index in [-0.39, 0.29) is 5.41 Å². The summed E-state index contributed by atoms with van der Waals surface area (Å²) < 4.78 is 6.00. The van der Waals surface area contributed by atoms with Crippen molar-refractivity contribution in [3.05, 3.63) is 18.6 Å². The molecule has 1 spiro atoms. The predicted molar refractivity (Wildman–Crippen MR) is 85.9 cm³/mol. The van der Waals surface area contributed by atoms with Gasteiger partial charge in [0.25, 0.3) is 0 Å². The maximum absolute atomic E-state index is 6.00. The molecule has 1 aromatic heterocycles. The topological polar surface area (TPSA) is 41.5 Å². The molecule has 5 heteroatoms. The molecule has 1 atom stereocenters. The summed E-state index contributed by atoms with van der Waals surface area (Å²) in [6.07, 6.45) is 10.8. The second kappa shape index (κ2) is 6.13. The minimum Gasteiger partial charge on any atom is -0.379 e. The molecule has 0 N–H and O–H groups in total. The molecule has 4 rings (SSSR count). The number of nitrogens with zero attached hydrogens (tertiary/aromatic N) is 4. The van der Waals surface area contributed by atoms with E-state index in [0.29, 0.717) is 0 Å². The molecule has 3 fully saturated rings. The van der Waals surface area contributed by atoms with E-state index in [1.807, 2.05) is 6.20 Å². The Hall–Kier alpha value is -1.20. The van der Waals surface area contributed by atoms with Gasteiger partial charge in [-0.25, -0.2) is 4.98 Å². The van der Waals surface area contributed by atoms with Crippen molar-refractivity contribution in [2.75, 3.05) is 50.8 Å². The third kappa shape index (κ3) is 3.25. The molecule has 0 bridgehead atoms. The molecule has 3 aliphatic rings. The third-order valence-corrected chi connectivity index (χ3v) is 5.27. The van der Waals surface area contributed by atoms with Gasteiger partial charge in [-0.3, -0.25) is 4.98 Å². The summed E-state index contributed by atoms with van der Waals surface area (Å²) in [5.74, 6) is 1.97. The lowest BCUT2D eigenvalue weighted by Crippen LogP contribution is -2.51. The van der Waals surface area contributed by atoms with Gasteiger partial charge in [-0.2, -0.15) is 0 Å². The quantitative estimate of drug-likeness (QED) is 0.852. The Balaban J connectivity index is 1.48. The van der Waals surface area contributed by atoms with Gasteiger partial charge in [0, 0.05) is 50.5 Å². The van der Waals surface area contributed by atoms with Gasteiger partial charge in [-0.05, 0) is 31.6 Å². The molecule has 1 aliphatic carbocycles. The molecule has 1 saturated carbocycles. The monoisotopic (exact) mass is 302 g/mol. The number of ether oxygens (including phenoxy) is 1. The van der Waals surface area contributed by atoms with Gasteiger partial charge in [0.2, 0.25) is 0 Å². The summed E-state index contributed by atoms with van der Waals surface area (Å²) in [5, 5.41) is 0. The summed E-state index contributed by atoms with van der Waals surface area (Å²) in [6, 6.07) is 0. The molecular formula is C17H26N4O. The first-order valence-electron chi connectivity index (χ1n) is 8.64. The van der Waals surface area contributed by atoms with Crippen LogP contribution in [-0.2, 0) is 4.74 Å². The molecule has 120 valence electrons. The predicted octanol–water partition coefficient (Wildman–Crippen LogP) is 1.81. The maximum Gasteiger partial charge on any atom is 0.147 e. The van der Waals surface area contributed by atoms with E-state index in [9.17, 15) is 0 Å². The second-order valence-corrected chi connectivity index (χ2v) is 7.32. The highest BCUT2D eigenvalue weighted by molar-refractivity contribution is 5.36. The molecule has 1 unspecified atom stereocenters. The highest BCUT2D eigenvalue weighted by Gasteiger charge is 2.40. The van der Waals surface area contributed by atoms with Crippen LogP contribution in [0.15, 0.2) is 18.6 Å². The van der Waals surface area contributed by atoms with Crippen LogP contribution in [0.25, 0.3) is 0 Å². The van der Waals surface area contributed by atoms with E-state index < -0.39 is 0 Å². The average molecular weight is 302 g/mol. The molecule has 2 saturated heterocycles. The van der Waals surface area contributed by atoms with Gasteiger partial charge in [-0.15, -0.1) is 0 Å². The Morgan fingerprint density at radius 3 is 3.00 bits per heavy atom. The number of aromatic nitrogens is 2. The summed E-state index contributed by atoms with van der Waals surface area (Å²) in [5.41, 5.74) is 0.265. The van der Waals surface area contributed by atoms with Gasteiger partial charge >= 0.3 is 0 Å². The molecular weight excluding hydrogens is 276 g/mol. The third-order valence-electron chi connectivity index (χ3n) is 5.27. The summed E-state index contributed by atoms with van der Waals surface area (Å²) in [6.45, 7) is 7.47. The smallest absolute Gasteiger partial charge is 0.147 e. The van der Waals surface area contributed by atoms with Crippen LogP contribution in [0.1, 0.15) is 25.7 Å². The van der Waals surface area contributed by atoms with Crippen molar-refractivity contribution in [1.29, 1.82) is 0 Å². The lowest BCUT2D eigenvalue weighted by Gasteiger charge is -2.44. The molecule has 0 aromatic carbocycles. The average Bonchev–Trinajstić information content (AvgIpc) is 3.38. The summed E-state index contributed by atoms with van der Waals surface area (Å²) in [7, 11) is 0. The first kappa shape index (κ1) is 14.4. The van der Waals surface area contributed by atoms with Gasteiger partial charge < -0.3 is 14.5 Å². The number of rotatable bonds is 3. The van der Waals surface area contributed by atoms with Crippen LogP contribution in [0.2, 0.25) is 0 Å². The summed E-state index contributed by atoms with van der Waals surface area (Å²) in [4.78, 5) is 13.8. The largest absolute Gasteiger partial charge is 0.379 e. The second-order valence-electron chi connectivity index (χ2n) is 7.32. The zero-order valence-corrected chi connectivity index (χ0v) is 13.3. The highest BCUT2D eigenvalue weighted by atomic mass is 16.5. The Bertz CT molecular complexity index is 493. The van der Waals surface area contributed by atoms with E-state index in [4.69, 9.17) is 4.74 Å². The number of anilines is 1. The molecule has 2 aliphatic heterocycles. The van der Waals surface area contributed by atoms with Crippen molar-refractivity contribution in [1.82, 2.24) is 14.9 Å². The zero-order valence-electron chi connectivity index (χ0n) is 13.3. The molecule has 3 heterocycles.